The first-order chi connectivity index (χ1) is 13.3. The Labute approximate surface area is 156 Å². The summed E-state index contributed by atoms with van der Waals surface area (Å²) < 4.78 is 10.6. The molecule has 3 heterocycles. The van der Waals surface area contributed by atoms with E-state index in [0.717, 1.165) is 30.6 Å². The number of fused-ring (bicyclic) bond motifs is 1. The van der Waals surface area contributed by atoms with Crippen LogP contribution in [-0.2, 0) is 17.9 Å². The van der Waals surface area contributed by atoms with Gasteiger partial charge in [-0.15, -0.1) is 0 Å². The van der Waals surface area contributed by atoms with E-state index in [2.05, 4.69) is 20.6 Å². The summed E-state index contributed by atoms with van der Waals surface area (Å²) in [6, 6.07) is 11.3. The molecule has 0 bridgehead atoms. The van der Waals surface area contributed by atoms with Crippen molar-refractivity contribution >= 4 is 17.1 Å². The molecule has 1 aliphatic heterocycles. The number of hydrogen-bond donors (Lipinski definition) is 1. The maximum atomic E-state index is 12.5. The van der Waals surface area contributed by atoms with Crippen molar-refractivity contribution in [3.05, 3.63) is 53.9 Å². The van der Waals surface area contributed by atoms with Gasteiger partial charge in [0.2, 0.25) is 0 Å². The normalized spacial score (nSPS) is 17.2. The topological polar surface area (TPSA) is 93.4 Å². The van der Waals surface area contributed by atoms with E-state index in [4.69, 9.17) is 9.37 Å². The summed E-state index contributed by atoms with van der Waals surface area (Å²) in [5.74, 6) is 0. The van der Waals surface area contributed by atoms with Crippen LogP contribution in [0.15, 0.2) is 47.2 Å². The van der Waals surface area contributed by atoms with Crippen LogP contribution in [0.3, 0.4) is 0 Å². The van der Waals surface area contributed by atoms with E-state index in [1.807, 2.05) is 41.3 Å². The third-order valence-electron chi connectivity index (χ3n) is 4.62. The van der Waals surface area contributed by atoms with E-state index < -0.39 is 0 Å². The Morgan fingerprint density at radius 1 is 1.26 bits per heavy atom. The maximum absolute atomic E-state index is 12.5. The highest BCUT2D eigenvalue weighted by atomic mass is 16.6. The molecule has 1 saturated heterocycles. The van der Waals surface area contributed by atoms with Crippen LogP contribution in [0.4, 0.5) is 4.79 Å². The molecule has 0 unspecified atom stereocenters. The zero-order valence-corrected chi connectivity index (χ0v) is 14.9. The Kier molecular flexibility index (Phi) is 5.24. The van der Waals surface area contributed by atoms with Gasteiger partial charge in [-0.3, -0.25) is 4.98 Å². The molecular weight excluding hydrogens is 346 g/mol. The molecule has 1 atom stereocenters. The minimum absolute atomic E-state index is 0.0315. The van der Waals surface area contributed by atoms with Crippen LogP contribution < -0.4 is 5.32 Å². The van der Waals surface area contributed by atoms with Gasteiger partial charge in [-0.25, -0.2) is 9.42 Å². The molecule has 4 rings (SSSR count). The predicted octanol–water partition coefficient (Wildman–Crippen LogP) is 2.51. The number of benzene rings is 1. The van der Waals surface area contributed by atoms with Gasteiger partial charge in [0.15, 0.2) is 0 Å². The number of aromatic nitrogens is 3. The average molecular weight is 367 g/mol. The second kappa shape index (κ2) is 8.13. The van der Waals surface area contributed by atoms with E-state index in [9.17, 15) is 4.79 Å². The minimum atomic E-state index is -0.0838. The Morgan fingerprint density at radius 2 is 2.19 bits per heavy atom. The highest BCUT2D eigenvalue weighted by Gasteiger charge is 2.24. The van der Waals surface area contributed by atoms with Gasteiger partial charge < -0.3 is 15.0 Å². The predicted molar refractivity (Wildman–Crippen MR) is 97.7 cm³/mol. The quantitative estimate of drug-likeness (QED) is 0.745. The van der Waals surface area contributed by atoms with Gasteiger partial charge in [0, 0.05) is 25.8 Å². The van der Waals surface area contributed by atoms with Crippen LogP contribution in [0.2, 0.25) is 0 Å². The molecule has 1 aromatic carbocycles. The van der Waals surface area contributed by atoms with E-state index in [0.29, 0.717) is 30.7 Å². The SMILES string of the molecule is O=C(NCc1ccc2nonc2c1)N1CCC[C@@H](OCc2ccccn2)C1. The molecule has 0 aliphatic carbocycles. The molecule has 140 valence electrons. The molecule has 0 radical (unpaired) electrons. The third kappa shape index (κ3) is 4.40. The molecule has 1 fully saturated rings. The molecule has 2 amide bonds. The van der Waals surface area contributed by atoms with Gasteiger partial charge in [0.25, 0.3) is 0 Å². The van der Waals surface area contributed by atoms with Gasteiger partial charge in [-0.1, -0.05) is 12.1 Å². The van der Waals surface area contributed by atoms with Crippen molar-refractivity contribution < 1.29 is 14.2 Å². The number of carbonyl (C=O) groups is 1. The standard InChI is InChI=1S/C19H21N5O3/c25-19(21-11-14-6-7-17-18(10-14)23-27-22-17)24-9-3-5-16(12-24)26-13-15-4-1-2-8-20-15/h1-2,4,6-8,10,16H,3,5,9,11-13H2,(H,21,25)/t16-/m1/s1. The first-order valence-corrected chi connectivity index (χ1v) is 9.03. The lowest BCUT2D eigenvalue weighted by molar-refractivity contribution is -0.00168. The van der Waals surface area contributed by atoms with Gasteiger partial charge in [0.05, 0.1) is 18.4 Å². The van der Waals surface area contributed by atoms with Crippen LogP contribution in [0.5, 0.6) is 0 Å². The molecule has 1 aliphatic rings. The molecule has 1 N–H and O–H groups in total. The Morgan fingerprint density at radius 3 is 3.07 bits per heavy atom. The van der Waals surface area contributed by atoms with E-state index in [-0.39, 0.29) is 12.1 Å². The lowest BCUT2D eigenvalue weighted by Gasteiger charge is -2.32. The summed E-state index contributed by atoms with van der Waals surface area (Å²) >= 11 is 0. The van der Waals surface area contributed by atoms with E-state index >= 15 is 0 Å². The van der Waals surface area contributed by atoms with Gasteiger partial charge in [0.1, 0.15) is 11.0 Å². The summed E-state index contributed by atoms with van der Waals surface area (Å²) in [5, 5.41) is 10.6. The van der Waals surface area contributed by atoms with Gasteiger partial charge in [-0.2, -0.15) is 0 Å². The van der Waals surface area contributed by atoms with Crippen molar-refractivity contribution in [2.45, 2.75) is 32.1 Å². The fourth-order valence-corrected chi connectivity index (χ4v) is 3.17. The number of rotatable bonds is 5. The van der Waals surface area contributed by atoms with Gasteiger partial charge in [-0.05, 0) is 53.0 Å². The number of ether oxygens (including phenoxy) is 1. The van der Waals surface area contributed by atoms with Crippen LogP contribution in [0, 0.1) is 0 Å². The molecule has 0 spiro atoms. The number of pyridine rings is 1. The molecule has 27 heavy (non-hydrogen) atoms. The van der Waals surface area contributed by atoms with Crippen LogP contribution in [0.25, 0.3) is 11.0 Å². The molecule has 8 heteroatoms. The first kappa shape index (κ1) is 17.4. The summed E-state index contributed by atoms with van der Waals surface area (Å²) in [6.07, 6.45) is 3.67. The molecular formula is C19H21N5O3. The molecule has 3 aromatic rings. The van der Waals surface area contributed by atoms with Crippen molar-refractivity contribution in [3.63, 3.8) is 0 Å². The number of piperidine rings is 1. The Bertz CT molecular complexity index is 899. The zero-order valence-electron chi connectivity index (χ0n) is 14.9. The number of urea groups is 1. The summed E-state index contributed by atoms with van der Waals surface area (Å²) in [4.78, 5) is 18.6. The highest BCUT2D eigenvalue weighted by Crippen LogP contribution is 2.15. The number of likely N-dealkylation sites (tertiary alicyclic amines) is 1. The van der Waals surface area contributed by atoms with Crippen LogP contribution in [-0.4, -0.2) is 45.4 Å². The summed E-state index contributed by atoms with van der Waals surface area (Å²) in [7, 11) is 0. The van der Waals surface area contributed by atoms with Crippen molar-refractivity contribution in [3.8, 4) is 0 Å². The average Bonchev–Trinajstić information content (AvgIpc) is 3.19. The van der Waals surface area contributed by atoms with Crippen molar-refractivity contribution in [2.75, 3.05) is 13.1 Å². The Hall–Kier alpha value is -3.00. The largest absolute Gasteiger partial charge is 0.370 e. The summed E-state index contributed by atoms with van der Waals surface area (Å²) in [6.45, 7) is 2.22. The molecule has 0 saturated carbocycles. The van der Waals surface area contributed by atoms with Crippen molar-refractivity contribution in [2.24, 2.45) is 0 Å². The first-order valence-electron chi connectivity index (χ1n) is 9.03. The minimum Gasteiger partial charge on any atom is -0.370 e. The molecule has 2 aromatic heterocycles. The second-order valence-electron chi connectivity index (χ2n) is 6.59. The van der Waals surface area contributed by atoms with Crippen molar-refractivity contribution in [1.29, 1.82) is 0 Å². The monoisotopic (exact) mass is 367 g/mol. The summed E-state index contributed by atoms with van der Waals surface area (Å²) in [5.41, 5.74) is 3.24. The number of hydrogen-bond acceptors (Lipinski definition) is 6. The Balaban J connectivity index is 1.27. The lowest BCUT2D eigenvalue weighted by atomic mass is 10.1. The van der Waals surface area contributed by atoms with Crippen LogP contribution in [0.1, 0.15) is 24.1 Å². The molecule has 8 nitrogen and oxygen atoms in total. The third-order valence-corrected chi connectivity index (χ3v) is 4.62. The number of amides is 2. The number of nitrogens with zero attached hydrogens (tertiary/aromatic N) is 4. The smallest absolute Gasteiger partial charge is 0.317 e. The second-order valence-corrected chi connectivity index (χ2v) is 6.59. The fourth-order valence-electron chi connectivity index (χ4n) is 3.17. The fraction of sp³-hybridized carbons (Fsp3) is 0.368. The van der Waals surface area contributed by atoms with Crippen molar-refractivity contribution in [1.82, 2.24) is 25.5 Å². The zero-order chi connectivity index (χ0) is 18.5. The van der Waals surface area contributed by atoms with E-state index in [1.165, 1.54) is 0 Å². The number of nitrogens with one attached hydrogen (secondary N) is 1. The lowest BCUT2D eigenvalue weighted by Crippen LogP contribution is -2.47. The van der Waals surface area contributed by atoms with E-state index in [1.54, 1.807) is 6.20 Å². The van der Waals surface area contributed by atoms with Gasteiger partial charge >= 0.3 is 6.03 Å². The number of carbonyl (C=O) groups excluding carboxylic acids is 1. The maximum Gasteiger partial charge on any atom is 0.317 e. The highest BCUT2D eigenvalue weighted by molar-refractivity contribution is 5.75. The van der Waals surface area contributed by atoms with Crippen LogP contribution >= 0.6 is 0 Å².